The molecule has 2 heterocycles. The number of nitrogens with one attached hydrogen (secondary N) is 1. The monoisotopic (exact) mass is 299 g/mol. The summed E-state index contributed by atoms with van der Waals surface area (Å²) < 4.78 is 15.6. The van der Waals surface area contributed by atoms with Gasteiger partial charge in [-0.15, -0.1) is 11.3 Å². The molecule has 1 aromatic rings. The fourth-order valence-corrected chi connectivity index (χ4v) is 3.45. The summed E-state index contributed by atoms with van der Waals surface area (Å²) in [6.45, 7) is 1.58. The number of rotatable bonds is 6. The smallest absolute Gasteiger partial charge is 0.231 e. The molecule has 5 nitrogen and oxygen atoms in total. The predicted octanol–water partition coefficient (Wildman–Crippen LogP) is 1.53. The Labute approximate surface area is 123 Å². The molecule has 0 spiro atoms. The Morgan fingerprint density at radius 2 is 2.15 bits per heavy atom. The first kappa shape index (κ1) is 15.4. The van der Waals surface area contributed by atoms with Gasteiger partial charge in [0.05, 0.1) is 12.0 Å². The van der Waals surface area contributed by atoms with E-state index >= 15 is 0 Å². The van der Waals surface area contributed by atoms with Gasteiger partial charge >= 0.3 is 0 Å². The fourth-order valence-electron chi connectivity index (χ4n) is 2.46. The van der Waals surface area contributed by atoms with Gasteiger partial charge in [-0.2, -0.15) is 0 Å². The normalized spacial score (nSPS) is 18.1. The molecule has 0 aromatic carbocycles. The summed E-state index contributed by atoms with van der Waals surface area (Å²) in [5, 5.41) is 4.95. The molecule has 1 aliphatic heterocycles. The number of carbonyl (C=O) groups is 1. The summed E-state index contributed by atoms with van der Waals surface area (Å²) in [4.78, 5) is 13.8. The second kappa shape index (κ2) is 7.17. The van der Waals surface area contributed by atoms with Gasteiger partial charge in [-0.1, -0.05) is 6.07 Å². The van der Waals surface area contributed by atoms with Crippen LogP contribution in [0, 0.1) is 0 Å². The molecule has 112 valence electrons. The van der Waals surface area contributed by atoms with Gasteiger partial charge in [0.15, 0.2) is 6.29 Å². The van der Waals surface area contributed by atoms with Crippen molar-refractivity contribution in [2.24, 2.45) is 0 Å². The molecule has 0 unspecified atom stereocenters. The maximum atomic E-state index is 12.7. The number of ether oxygens (including phenoxy) is 3. The summed E-state index contributed by atoms with van der Waals surface area (Å²) in [5.74, 6) is 0.0300. The summed E-state index contributed by atoms with van der Waals surface area (Å²) in [5.41, 5.74) is -0.474. The van der Waals surface area contributed by atoms with Crippen LogP contribution < -0.4 is 5.32 Å². The molecule has 1 fully saturated rings. The topological polar surface area (TPSA) is 56.8 Å². The third kappa shape index (κ3) is 3.20. The zero-order valence-corrected chi connectivity index (χ0v) is 12.7. The number of hydrogen-bond acceptors (Lipinski definition) is 5. The molecule has 1 N–H and O–H groups in total. The molecule has 0 saturated carbocycles. The van der Waals surface area contributed by atoms with Gasteiger partial charge in [0.1, 0.15) is 0 Å². The van der Waals surface area contributed by atoms with Gasteiger partial charge in [-0.3, -0.25) is 4.79 Å². The Bertz CT molecular complexity index is 411. The lowest BCUT2D eigenvalue weighted by atomic mass is 9.78. The molecular formula is C14H21NO4S. The largest absolute Gasteiger partial charge is 0.381 e. The molecule has 0 aliphatic carbocycles. The minimum absolute atomic E-state index is 0.0300. The van der Waals surface area contributed by atoms with E-state index in [0.717, 1.165) is 4.88 Å². The van der Waals surface area contributed by atoms with Gasteiger partial charge in [0.2, 0.25) is 5.91 Å². The van der Waals surface area contributed by atoms with E-state index in [4.69, 9.17) is 14.2 Å². The maximum absolute atomic E-state index is 12.7. The lowest BCUT2D eigenvalue weighted by molar-refractivity contribution is -0.135. The molecule has 1 aliphatic rings. The van der Waals surface area contributed by atoms with Crippen molar-refractivity contribution < 1.29 is 19.0 Å². The van der Waals surface area contributed by atoms with E-state index in [1.54, 1.807) is 25.6 Å². The van der Waals surface area contributed by atoms with Crippen molar-refractivity contribution in [3.05, 3.63) is 22.4 Å². The molecule has 1 amide bonds. The van der Waals surface area contributed by atoms with Crippen LogP contribution in [-0.4, -0.2) is 46.2 Å². The molecule has 0 radical (unpaired) electrons. The highest BCUT2D eigenvalue weighted by molar-refractivity contribution is 7.10. The number of thiophene rings is 1. The van der Waals surface area contributed by atoms with Gasteiger partial charge in [0, 0.05) is 32.3 Å². The lowest BCUT2D eigenvalue weighted by Gasteiger charge is -2.35. The minimum atomic E-state index is -0.474. The fraction of sp³-hybridized carbons (Fsp3) is 0.643. The Hall–Kier alpha value is -0.950. The quantitative estimate of drug-likeness (QED) is 0.809. The van der Waals surface area contributed by atoms with E-state index in [-0.39, 0.29) is 5.91 Å². The van der Waals surface area contributed by atoms with Crippen LogP contribution in [0.1, 0.15) is 17.7 Å². The van der Waals surface area contributed by atoms with Crippen molar-refractivity contribution in [3.8, 4) is 0 Å². The predicted molar refractivity (Wildman–Crippen MR) is 76.9 cm³/mol. The average molecular weight is 299 g/mol. The standard InChI is InChI=1S/C14H21NO4S/c1-17-12(18-2)10-15-13(16)14(5-7-19-8-6-14)11-4-3-9-20-11/h3-4,9,12H,5-8,10H2,1-2H3,(H,15,16). The van der Waals surface area contributed by atoms with E-state index in [0.29, 0.717) is 32.6 Å². The Balaban J connectivity index is 2.09. The van der Waals surface area contributed by atoms with Crippen LogP contribution in [0.4, 0.5) is 0 Å². The van der Waals surface area contributed by atoms with E-state index < -0.39 is 11.7 Å². The van der Waals surface area contributed by atoms with Crippen LogP contribution in [0.3, 0.4) is 0 Å². The van der Waals surface area contributed by atoms with E-state index in [1.807, 2.05) is 17.5 Å². The first-order valence-corrected chi connectivity index (χ1v) is 7.56. The van der Waals surface area contributed by atoms with Gasteiger partial charge in [-0.05, 0) is 24.3 Å². The number of methoxy groups -OCH3 is 2. The van der Waals surface area contributed by atoms with E-state index in [1.165, 1.54) is 0 Å². The highest BCUT2D eigenvalue weighted by atomic mass is 32.1. The van der Waals surface area contributed by atoms with Gasteiger partial charge < -0.3 is 19.5 Å². The number of amides is 1. The maximum Gasteiger partial charge on any atom is 0.231 e. The minimum Gasteiger partial charge on any atom is -0.381 e. The molecule has 2 rings (SSSR count). The van der Waals surface area contributed by atoms with Crippen molar-refractivity contribution in [2.45, 2.75) is 24.5 Å². The summed E-state index contributed by atoms with van der Waals surface area (Å²) in [6, 6.07) is 4.01. The molecule has 1 saturated heterocycles. The molecule has 0 bridgehead atoms. The van der Waals surface area contributed by atoms with Crippen molar-refractivity contribution in [1.29, 1.82) is 0 Å². The molecule has 1 aromatic heterocycles. The molecule has 20 heavy (non-hydrogen) atoms. The van der Waals surface area contributed by atoms with Crippen LogP contribution >= 0.6 is 11.3 Å². The van der Waals surface area contributed by atoms with Crippen molar-refractivity contribution in [3.63, 3.8) is 0 Å². The average Bonchev–Trinajstić information content (AvgIpc) is 3.03. The third-order valence-electron chi connectivity index (χ3n) is 3.73. The first-order valence-electron chi connectivity index (χ1n) is 6.68. The number of hydrogen-bond donors (Lipinski definition) is 1. The van der Waals surface area contributed by atoms with Gasteiger partial charge in [-0.25, -0.2) is 0 Å². The molecule has 6 heteroatoms. The second-order valence-electron chi connectivity index (χ2n) is 4.78. The Morgan fingerprint density at radius 1 is 1.45 bits per heavy atom. The zero-order chi connectivity index (χ0) is 14.4. The van der Waals surface area contributed by atoms with Crippen molar-refractivity contribution in [2.75, 3.05) is 34.0 Å². The molecular weight excluding hydrogens is 278 g/mol. The van der Waals surface area contributed by atoms with Gasteiger partial charge in [0.25, 0.3) is 0 Å². The Kier molecular flexibility index (Phi) is 5.54. The van der Waals surface area contributed by atoms with Crippen molar-refractivity contribution >= 4 is 17.2 Å². The highest BCUT2D eigenvalue weighted by Crippen LogP contribution is 2.37. The third-order valence-corrected chi connectivity index (χ3v) is 4.80. The highest BCUT2D eigenvalue weighted by Gasteiger charge is 2.42. The van der Waals surface area contributed by atoms with Crippen LogP contribution in [0.15, 0.2) is 17.5 Å². The molecule has 0 atom stereocenters. The summed E-state index contributed by atoms with van der Waals surface area (Å²) in [6.07, 6.45) is 1.01. The van der Waals surface area contributed by atoms with Crippen LogP contribution in [0.2, 0.25) is 0 Å². The van der Waals surface area contributed by atoms with Crippen LogP contribution in [0.25, 0.3) is 0 Å². The van der Waals surface area contributed by atoms with Crippen LogP contribution in [-0.2, 0) is 24.4 Å². The lowest BCUT2D eigenvalue weighted by Crippen LogP contribution is -2.49. The second-order valence-corrected chi connectivity index (χ2v) is 5.73. The zero-order valence-electron chi connectivity index (χ0n) is 11.9. The SMILES string of the molecule is COC(CNC(=O)C1(c2cccs2)CCOCC1)OC. The van der Waals surface area contributed by atoms with E-state index in [2.05, 4.69) is 5.32 Å². The van der Waals surface area contributed by atoms with Crippen LogP contribution in [0.5, 0.6) is 0 Å². The summed E-state index contributed by atoms with van der Waals surface area (Å²) in [7, 11) is 3.12. The first-order chi connectivity index (χ1) is 9.73. The number of carbonyl (C=O) groups excluding carboxylic acids is 1. The van der Waals surface area contributed by atoms with E-state index in [9.17, 15) is 4.79 Å². The Morgan fingerprint density at radius 3 is 2.70 bits per heavy atom. The summed E-state index contributed by atoms with van der Waals surface area (Å²) >= 11 is 1.62. The van der Waals surface area contributed by atoms with Crippen molar-refractivity contribution in [1.82, 2.24) is 5.32 Å².